The molecule has 0 spiro atoms. The van der Waals surface area contributed by atoms with Gasteiger partial charge >= 0.3 is 0 Å². The molecule has 0 bridgehead atoms. The summed E-state index contributed by atoms with van der Waals surface area (Å²) in [6, 6.07) is 13.8. The lowest BCUT2D eigenvalue weighted by atomic mass is 10.1. The van der Waals surface area contributed by atoms with Crippen LogP contribution in [-0.2, 0) is 0 Å². The SMILES string of the molecule is Clc1nsnc1Oc1cccc2ccccc12. The van der Waals surface area contributed by atoms with Crippen LogP contribution in [0.1, 0.15) is 0 Å². The van der Waals surface area contributed by atoms with Crippen molar-refractivity contribution in [3.8, 4) is 11.6 Å². The number of aromatic nitrogens is 2. The van der Waals surface area contributed by atoms with Crippen LogP contribution in [0, 0.1) is 0 Å². The molecule has 0 amide bonds. The van der Waals surface area contributed by atoms with Crippen molar-refractivity contribution in [2.45, 2.75) is 0 Å². The first-order chi connectivity index (χ1) is 8.34. The maximum atomic E-state index is 5.85. The zero-order valence-electron chi connectivity index (χ0n) is 8.63. The van der Waals surface area contributed by atoms with Gasteiger partial charge in [0, 0.05) is 5.39 Å². The lowest BCUT2D eigenvalue weighted by molar-refractivity contribution is 0.473. The van der Waals surface area contributed by atoms with E-state index in [1.165, 1.54) is 0 Å². The average Bonchev–Trinajstić information content (AvgIpc) is 2.76. The first kappa shape index (κ1) is 10.5. The Hall–Kier alpha value is -1.65. The smallest absolute Gasteiger partial charge is 0.270 e. The number of fused-ring (bicyclic) bond motifs is 1. The molecule has 84 valence electrons. The Balaban J connectivity index is 2.09. The number of hydrogen-bond acceptors (Lipinski definition) is 4. The number of hydrogen-bond donors (Lipinski definition) is 0. The first-order valence-corrected chi connectivity index (χ1v) is 6.09. The molecule has 0 saturated carbocycles. The molecule has 0 saturated heterocycles. The third-order valence-electron chi connectivity index (χ3n) is 2.38. The van der Waals surface area contributed by atoms with Gasteiger partial charge in [-0.15, -0.1) is 4.37 Å². The van der Waals surface area contributed by atoms with E-state index < -0.39 is 0 Å². The number of rotatable bonds is 2. The highest BCUT2D eigenvalue weighted by Gasteiger charge is 2.09. The normalized spacial score (nSPS) is 10.6. The number of benzene rings is 2. The van der Waals surface area contributed by atoms with E-state index in [1.807, 2.05) is 42.5 Å². The summed E-state index contributed by atoms with van der Waals surface area (Å²) in [7, 11) is 0. The van der Waals surface area contributed by atoms with Gasteiger partial charge in [-0.25, -0.2) is 0 Å². The van der Waals surface area contributed by atoms with Gasteiger partial charge in [0.15, 0.2) is 0 Å². The second-order valence-electron chi connectivity index (χ2n) is 3.44. The quantitative estimate of drug-likeness (QED) is 0.696. The van der Waals surface area contributed by atoms with Crippen molar-refractivity contribution in [2.75, 3.05) is 0 Å². The van der Waals surface area contributed by atoms with Crippen LogP contribution < -0.4 is 4.74 Å². The van der Waals surface area contributed by atoms with Crippen molar-refractivity contribution in [3.05, 3.63) is 47.6 Å². The Morgan fingerprint density at radius 1 is 1.00 bits per heavy atom. The molecule has 5 heteroatoms. The molecule has 0 radical (unpaired) electrons. The molecule has 0 aliphatic carbocycles. The molecule has 0 aliphatic rings. The molecule has 0 N–H and O–H groups in total. The summed E-state index contributed by atoms with van der Waals surface area (Å²) in [4.78, 5) is 0. The van der Waals surface area contributed by atoms with Crippen LogP contribution in [0.5, 0.6) is 11.6 Å². The first-order valence-electron chi connectivity index (χ1n) is 4.98. The van der Waals surface area contributed by atoms with E-state index in [-0.39, 0.29) is 0 Å². The van der Waals surface area contributed by atoms with Gasteiger partial charge in [0.05, 0.1) is 11.7 Å². The predicted octanol–water partition coefficient (Wildman–Crippen LogP) is 4.14. The predicted molar refractivity (Wildman–Crippen MR) is 68.9 cm³/mol. The Morgan fingerprint density at radius 3 is 2.65 bits per heavy atom. The maximum Gasteiger partial charge on any atom is 0.270 e. The largest absolute Gasteiger partial charge is 0.435 e. The minimum Gasteiger partial charge on any atom is -0.435 e. The van der Waals surface area contributed by atoms with E-state index in [2.05, 4.69) is 8.75 Å². The molecule has 17 heavy (non-hydrogen) atoms. The molecule has 0 unspecified atom stereocenters. The molecular formula is C12H7ClN2OS. The van der Waals surface area contributed by atoms with Gasteiger partial charge in [-0.1, -0.05) is 48.0 Å². The minimum absolute atomic E-state index is 0.294. The standard InChI is InChI=1S/C12H7ClN2OS/c13-11-12(15-17-14-11)16-10-7-3-5-8-4-1-2-6-9(8)10/h1-7H. The van der Waals surface area contributed by atoms with Gasteiger partial charge < -0.3 is 4.74 Å². The Labute approximate surface area is 107 Å². The summed E-state index contributed by atoms with van der Waals surface area (Å²) in [5.41, 5.74) is 0. The van der Waals surface area contributed by atoms with Crippen LogP contribution in [0.15, 0.2) is 42.5 Å². The fraction of sp³-hybridized carbons (Fsp3) is 0. The van der Waals surface area contributed by atoms with Crippen molar-refractivity contribution in [2.24, 2.45) is 0 Å². The highest BCUT2D eigenvalue weighted by Crippen LogP contribution is 2.32. The summed E-state index contributed by atoms with van der Waals surface area (Å²) in [5.74, 6) is 1.09. The second-order valence-corrected chi connectivity index (χ2v) is 4.33. The van der Waals surface area contributed by atoms with Gasteiger partial charge in [0.1, 0.15) is 5.75 Å². The Kier molecular flexibility index (Phi) is 2.66. The number of ether oxygens (including phenoxy) is 1. The third kappa shape index (κ3) is 1.97. The second kappa shape index (κ2) is 4.31. The lowest BCUT2D eigenvalue weighted by Crippen LogP contribution is -1.86. The summed E-state index contributed by atoms with van der Waals surface area (Å²) in [6.45, 7) is 0. The van der Waals surface area contributed by atoms with E-state index >= 15 is 0 Å². The lowest BCUT2D eigenvalue weighted by Gasteiger charge is -2.06. The average molecular weight is 263 g/mol. The van der Waals surface area contributed by atoms with Crippen molar-refractivity contribution < 1.29 is 4.74 Å². The van der Waals surface area contributed by atoms with Crippen LogP contribution >= 0.6 is 23.3 Å². The van der Waals surface area contributed by atoms with E-state index in [0.29, 0.717) is 11.0 Å². The molecule has 2 aromatic carbocycles. The molecule has 0 fully saturated rings. The summed E-state index contributed by atoms with van der Waals surface area (Å²) >= 11 is 6.89. The van der Waals surface area contributed by atoms with E-state index in [0.717, 1.165) is 28.3 Å². The maximum absolute atomic E-state index is 5.85. The monoisotopic (exact) mass is 262 g/mol. The van der Waals surface area contributed by atoms with E-state index in [4.69, 9.17) is 16.3 Å². The van der Waals surface area contributed by atoms with Gasteiger partial charge in [-0.05, 0) is 11.5 Å². The molecule has 0 aliphatic heterocycles. The molecule has 1 aromatic heterocycles. The van der Waals surface area contributed by atoms with E-state index in [1.54, 1.807) is 0 Å². The summed E-state index contributed by atoms with van der Waals surface area (Å²) < 4.78 is 13.5. The van der Waals surface area contributed by atoms with Crippen LogP contribution in [-0.4, -0.2) is 8.75 Å². The minimum atomic E-state index is 0.294. The highest BCUT2D eigenvalue weighted by atomic mass is 35.5. The van der Waals surface area contributed by atoms with Crippen LogP contribution in [0.3, 0.4) is 0 Å². The fourth-order valence-electron chi connectivity index (χ4n) is 1.62. The molecule has 3 aromatic rings. The zero-order valence-corrected chi connectivity index (χ0v) is 10.2. The fourth-order valence-corrected chi connectivity index (χ4v) is 2.23. The third-order valence-corrected chi connectivity index (χ3v) is 3.24. The van der Waals surface area contributed by atoms with Gasteiger partial charge in [-0.2, -0.15) is 4.37 Å². The summed E-state index contributed by atoms with van der Waals surface area (Å²) in [6.07, 6.45) is 0. The number of halogens is 1. The van der Waals surface area contributed by atoms with Crippen molar-refractivity contribution in [1.82, 2.24) is 8.75 Å². The van der Waals surface area contributed by atoms with Crippen LogP contribution in [0.4, 0.5) is 0 Å². The van der Waals surface area contributed by atoms with Crippen molar-refractivity contribution >= 4 is 34.1 Å². The highest BCUT2D eigenvalue weighted by molar-refractivity contribution is 6.99. The zero-order chi connectivity index (χ0) is 11.7. The van der Waals surface area contributed by atoms with Gasteiger partial charge in [-0.3, -0.25) is 0 Å². The molecule has 0 atom stereocenters. The van der Waals surface area contributed by atoms with Gasteiger partial charge in [0.25, 0.3) is 5.88 Å². The number of nitrogens with zero attached hydrogens (tertiary/aromatic N) is 2. The molecule has 3 nitrogen and oxygen atoms in total. The van der Waals surface area contributed by atoms with Crippen molar-refractivity contribution in [1.29, 1.82) is 0 Å². The summed E-state index contributed by atoms with van der Waals surface area (Å²) in [5, 5.41) is 2.44. The Morgan fingerprint density at radius 2 is 1.82 bits per heavy atom. The molecular weight excluding hydrogens is 256 g/mol. The van der Waals surface area contributed by atoms with Crippen molar-refractivity contribution in [3.63, 3.8) is 0 Å². The molecule has 3 rings (SSSR count). The van der Waals surface area contributed by atoms with Crippen LogP contribution in [0.2, 0.25) is 5.15 Å². The Bertz CT molecular complexity index is 663. The molecule has 1 heterocycles. The van der Waals surface area contributed by atoms with E-state index in [9.17, 15) is 0 Å². The van der Waals surface area contributed by atoms with Crippen LogP contribution in [0.25, 0.3) is 10.8 Å². The topological polar surface area (TPSA) is 35.0 Å². The van der Waals surface area contributed by atoms with Gasteiger partial charge in [0.2, 0.25) is 5.15 Å².